The first-order valence-corrected chi connectivity index (χ1v) is 18.4. The van der Waals surface area contributed by atoms with Crippen LogP contribution in [0.15, 0.2) is 18.2 Å². The fourth-order valence-electron chi connectivity index (χ4n) is 7.73. The number of benzene rings is 2. The number of fused-ring (bicyclic) bond motifs is 3. The number of nitrogens with one attached hydrogen (secondary N) is 1. The maximum atomic E-state index is 13.9. The molecule has 3 aliphatic rings. The number of Topliss-reactive ketones (excluding diaryl/α,β-unsaturated/α-hetero) is 1. The summed E-state index contributed by atoms with van der Waals surface area (Å²) in [5.41, 5.74) is -3.79. The van der Waals surface area contributed by atoms with E-state index in [0.717, 1.165) is 19.3 Å². The predicted octanol–water partition coefficient (Wildman–Crippen LogP) is 4.08. The van der Waals surface area contributed by atoms with Crippen LogP contribution in [0.25, 0.3) is 0 Å². The van der Waals surface area contributed by atoms with Gasteiger partial charge in [-0.1, -0.05) is 70.4 Å². The van der Waals surface area contributed by atoms with E-state index in [0.29, 0.717) is 6.42 Å². The molecule has 0 saturated carbocycles. The Morgan fingerprint density at radius 2 is 1.62 bits per heavy atom. The number of hydrogen-bond donors (Lipinski definition) is 6. The molecule has 52 heavy (non-hydrogen) atoms. The third-order valence-electron chi connectivity index (χ3n) is 10.6. The minimum absolute atomic E-state index is 0.0487. The number of unbranched alkanes of at least 4 members (excludes halogenated alkanes) is 8. The quantitative estimate of drug-likeness (QED) is 0.0912. The SMILES string of the molecule is CCCCCCCCCCCC(=O)N[C@H]1C[C@H](O[C@@H]2C[C@](O)(C(=O)CO)Cc3c(O)c4c(c(O)c32)C(=O)c2c(OC)cccc2C4=O)O[C@H](C)[C@@H]1O. The molecule has 1 amide bonds. The first kappa shape index (κ1) is 39.3. The number of aromatic hydroxyl groups is 2. The van der Waals surface area contributed by atoms with E-state index < -0.39 is 95.7 Å². The van der Waals surface area contributed by atoms with Crippen LogP contribution < -0.4 is 10.1 Å². The van der Waals surface area contributed by atoms with E-state index in [4.69, 9.17) is 14.2 Å². The molecule has 2 aromatic rings. The molecule has 5 rings (SSSR count). The number of ketones is 3. The summed E-state index contributed by atoms with van der Waals surface area (Å²) in [5.74, 6) is -4.11. The predicted molar refractivity (Wildman–Crippen MR) is 188 cm³/mol. The Morgan fingerprint density at radius 1 is 0.962 bits per heavy atom. The standard InChI is InChI=1S/C39H51NO12/c1-4-5-6-7-8-9-10-11-12-16-28(43)40-24-17-29(51-21(2)34(24)44)52-26-19-39(49,27(42)20-41)18-23-31(26)38(48)33-32(36(23)46)35(45)22-14-13-15-25(50-3)30(22)37(33)47/h13-15,21,24,26,29,34,41,44,46,48-49H,4-12,16-20H2,1-3H3,(H,40,43)/t21-,24+,26-,29+,34+,39+/m1/s1. The summed E-state index contributed by atoms with van der Waals surface area (Å²) in [5, 5.41) is 58.3. The Hall–Kier alpha value is -3.88. The lowest BCUT2D eigenvalue weighted by Crippen LogP contribution is -2.55. The van der Waals surface area contributed by atoms with Gasteiger partial charge in [0, 0.05) is 42.4 Å². The average molecular weight is 726 g/mol. The molecule has 0 spiro atoms. The van der Waals surface area contributed by atoms with Crippen molar-refractivity contribution in [1.29, 1.82) is 0 Å². The molecule has 1 fully saturated rings. The van der Waals surface area contributed by atoms with E-state index in [1.807, 2.05) is 0 Å². The van der Waals surface area contributed by atoms with Crippen LogP contribution >= 0.6 is 0 Å². The number of phenolic OH excluding ortho intramolecular Hbond substituents is 2. The molecule has 284 valence electrons. The zero-order valence-electron chi connectivity index (χ0n) is 30.1. The number of ether oxygens (including phenoxy) is 3. The van der Waals surface area contributed by atoms with E-state index >= 15 is 0 Å². The van der Waals surface area contributed by atoms with Crippen LogP contribution in [-0.2, 0) is 25.5 Å². The van der Waals surface area contributed by atoms with Gasteiger partial charge in [0.2, 0.25) is 11.7 Å². The van der Waals surface area contributed by atoms with Gasteiger partial charge in [0.15, 0.2) is 17.9 Å². The summed E-state index contributed by atoms with van der Waals surface area (Å²) in [6, 6.07) is 3.59. The lowest BCUT2D eigenvalue weighted by Gasteiger charge is -2.43. The summed E-state index contributed by atoms with van der Waals surface area (Å²) in [6.45, 7) is 2.74. The Bertz CT molecular complexity index is 1670. The van der Waals surface area contributed by atoms with Gasteiger partial charge in [-0.3, -0.25) is 19.2 Å². The van der Waals surface area contributed by atoms with E-state index in [-0.39, 0.29) is 46.8 Å². The van der Waals surface area contributed by atoms with Gasteiger partial charge in [-0.25, -0.2) is 0 Å². The number of hydrogen-bond acceptors (Lipinski definition) is 12. The van der Waals surface area contributed by atoms with Crippen molar-refractivity contribution in [3.8, 4) is 17.2 Å². The fourth-order valence-corrected chi connectivity index (χ4v) is 7.73. The number of aliphatic hydroxyl groups is 3. The molecule has 0 unspecified atom stereocenters. The lowest BCUT2D eigenvalue weighted by molar-refractivity contribution is -0.249. The summed E-state index contributed by atoms with van der Waals surface area (Å²) < 4.78 is 17.5. The molecule has 2 aliphatic carbocycles. The van der Waals surface area contributed by atoms with Crippen molar-refractivity contribution < 1.29 is 58.9 Å². The highest BCUT2D eigenvalue weighted by atomic mass is 16.7. The molecule has 0 bridgehead atoms. The number of carbonyl (C=O) groups excluding carboxylic acids is 4. The second kappa shape index (κ2) is 16.9. The van der Waals surface area contributed by atoms with Crippen molar-refractivity contribution in [3.63, 3.8) is 0 Å². The van der Waals surface area contributed by atoms with Crippen molar-refractivity contribution in [1.82, 2.24) is 5.32 Å². The normalized spacial score (nSPS) is 25.2. The Labute approximate surface area is 303 Å². The lowest BCUT2D eigenvalue weighted by atomic mass is 9.72. The third-order valence-corrected chi connectivity index (χ3v) is 10.6. The maximum absolute atomic E-state index is 13.9. The summed E-state index contributed by atoms with van der Waals surface area (Å²) >= 11 is 0. The van der Waals surface area contributed by atoms with Gasteiger partial charge in [0.25, 0.3) is 0 Å². The van der Waals surface area contributed by atoms with Gasteiger partial charge in [-0.2, -0.15) is 0 Å². The number of rotatable bonds is 16. The van der Waals surface area contributed by atoms with Crippen molar-refractivity contribution in [2.75, 3.05) is 13.7 Å². The van der Waals surface area contributed by atoms with Gasteiger partial charge in [-0.05, 0) is 19.4 Å². The molecule has 0 radical (unpaired) electrons. The topological polar surface area (TPSA) is 209 Å². The molecule has 1 heterocycles. The number of aliphatic hydroxyl groups excluding tert-OH is 2. The van der Waals surface area contributed by atoms with Crippen LogP contribution in [0, 0.1) is 0 Å². The molecular formula is C39H51NO12. The molecular weight excluding hydrogens is 674 g/mol. The number of carbonyl (C=O) groups is 4. The molecule has 1 aliphatic heterocycles. The van der Waals surface area contributed by atoms with Crippen molar-refractivity contribution >= 4 is 23.3 Å². The zero-order chi connectivity index (χ0) is 37.7. The summed E-state index contributed by atoms with van der Waals surface area (Å²) in [7, 11) is 1.32. The van der Waals surface area contributed by atoms with E-state index in [1.54, 1.807) is 6.92 Å². The first-order valence-electron chi connectivity index (χ1n) is 18.4. The number of methoxy groups -OCH3 is 1. The molecule has 13 heteroatoms. The molecule has 2 aromatic carbocycles. The second-order valence-electron chi connectivity index (χ2n) is 14.2. The highest BCUT2D eigenvalue weighted by Gasteiger charge is 2.50. The minimum Gasteiger partial charge on any atom is -0.507 e. The van der Waals surface area contributed by atoms with Gasteiger partial charge < -0.3 is 45.1 Å². The third kappa shape index (κ3) is 7.89. The van der Waals surface area contributed by atoms with Crippen LogP contribution in [0.4, 0.5) is 0 Å². The van der Waals surface area contributed by atoms with Gasteiger partial charge >= 0.3 is 0 Å². The smallest absolute Gasteiger partial charge is 0.220 e. The fraction of sp³-hybridized carbons (Fsp3) is 0.590. The van der Waals surface area contributed by atoms with Crippen LogP contribution in [0.5, 0.6) is 17.2 Å². The average Bonchev–Trinajstić information content (AvgIpc) is 3.12. The largest absolute Gasteiger partial charge is 0.507 e. The molecule has 6 N–H and O–H groups in total. The monoisotopic (exact) mass is 725 g/mol. The molecule has 6 atom stereocenters. The van der Waals surface area contributed by atoms with E-state index in [2.05, 4.69) is 12.2 Å². The zero-order valence-corrected chi connectivity index (χ0v) is 30.1. The Morgan fingerprint density at radius 3 is 2.27 bits per heavy atom. The van der Waals surface area contributed by atoms with E-state index in [1.165, 1.54) is 57.4 Å². The van der Waals surface area contributed by atoms with Crippen LogP contribution in [0.1, 0.15) is 140 Å². The maximum Gasteiger partial charge on any atom is 0.220 e. The number of phenols is 2. The van der Waals surface area contributed by atoms with Crippen molar-refractivity contribution in [2.45, 2.75) is 134 Å². The molecule has 13 nitrogen and oxygen atoms in total. The highest BCUT2D eigenvalue weighted by molar-refractivity contribution is 6.31. The summed E-state index contributed by atoms with van der Waals surface area (Å²) in [4.78, 5) is 53.4. The van der Waals surface area contributed by atoms with Crippen LogP contribution in [-0.4, -0.2) is 92.6 Å². The van der Waals surface area contributed by atoms with Crippen molar-refractivity contribution in [2.24, 2.45) is 0 Å². The Kier molecular flexibility index (Phi) is 12.7. The van der Waals surface area contributed by atoms with Gasteiger partial charge in [0.05, 0.1) is 42.0 Å². The Balaban J connectivity index is 1.37. The van der Waals surface area contributed by atoms with Crippen LogP contribution in [0.2, 0.25) is 0 Å². The number of amides is 1. The van der Waals surface area contributed by atoms with Gasteiger partial charge in [-0.15, -0.1) is 0 Å². The van der Waals surface area contributed by atoms with Gasteiger partial charge in [0.1, 0.15) is 35.6 Å². The second-order valence-corrected chi connectivity index (χ2v) is 14.2. The summed E-state index contributed by atoms with van der Waals surface area (Å²) in [6.07, 6.45) is 4.58. The molecule has 0 aromatic heterocycles. The van der Waals surface area contributed by atoms with Crippen molar-refractivity contribution in [3.05, 3.63) is 51.6 Å². The van der Waals surface area contributed by atoms with E-state index in [9.17, 15) is 44.7 Å². The van der Waals surface area contributed by atoms with Crippen LogP contribution in [0.3, 0.4) is 0 Å². The highest BCUT2D eigenvalue weighted by Crippen LogP contribution is 2.52. The molecule has 1 saturated heterocycles. The first-order chi connectivity index (χ1) is 24.9. The minimum atomic E-state index is -2.30.